The lowest BCUT2D eigenvalue weighted by atomic mass is 10.1. The van der Waals surface area contributed by atoms with Crippen molar-refractivity contribution in [2.45, 2.75) is 13.8 Å². The molecule has 128 valence electrons. The van der Waals surface area contributed by atoms with Gasteiger partial charge in [0.2, 0.25) is 0 Å². The molecule has 0 bridgehead atoms. The Morgan fingerprint density at radius 2 is 1.84 bits per heavy atom. The van der Waals surface area contributed by atoms with Gasteiger partial charge < -0.3 is 4.90 Å². The number of anilines is 2. The van der Waals surface area contributed by atoms with Crippen LogP contribution in [0.2, 0.25) is 0 Å². The highest BCUT2D eigenvalue weighted by molar-refractivity contribution is 7.19. The van der Waals surface area contributed by atoms with Gasteiger partial charge in [0.25, 0.3) is 5.91 Å². The van der Waals surface area contributed by atoms with Crippen molar-refractivity contribution in [2.24, 2.45) is 0 Å². The molecule has 0 unspecified atom stereocenters. The zero-order valence-corrected chi connectivity index (χ0v) is 15.5. The first kappa shape index (κ1) is 17.1. The Labute approximate surface area is 151 Å². The van der Waals surface area contributed by atoms with E-state index in [9.17, 15) is 4.79 Å². The fraction of sp³-hybridized carbons (Fsp3) is 0.211. The van der Waals surface area contributed by atoms with Crippen LogP contribution < -0.4 is 10.2 Å². The number of nitrogens with zero attached hydrogens (tertiary/aromatic N) is 3. The minimum atomic E-state index is -0.164. The van der Waals surface area contributed by atoms with Gasteiger partial charge >= 0.3 is 0 Å². The Morgan fingerprint density at radius 3 is 2.48 bits per heavy atom. The molecule has 0 aliphatic rings. The van der Waals surface area contributed by atoms with Crippen molar-refractivity contribution >= 4 is 28.1 Å². The van der Waals surface area contributed by atoms with Crippen molar-refractivity contribution in [1.82, 2.24) is 9.97 Å². The summed E-state index contributed by atoms with van der Waals surface area (Å²) < 4.78 is 0. The van der Waals surface area contributed by atoms with E-state index in [1.54, 1.807) is 18.5 Å². The number of carbonyl (C=O) groups is 1. The molecule has 25 heavy (non-hydrogen) atoms. The Hall–Kier alpha value is -2.73. The minimum Gasteiger partial charge on any atom is -0.378 e. The number of amides is 1. The molecule has 0 fully saturated rings. The fourth-order valence-electron chi connectivity index (χ4n) is 2.52. The van der Waals surface area contributed by atoms with Gasteiger partial charge in [-0.05, 0) is 43.2 Å². The highest BCUT2D eigenvalue weighted by Gasteiger charge is 2.14. The van der Waals surface area contributed by atoms with E-state index in [0.717, 1.165) is 27.4 Å². The second-order valence-corrected chi connectivity index (χ2v) is 7.02. The van der Waals surface area contributed by atoms with Crippen molar-refractivity contribution in [3.05, 3.63) is 59.5 Å². The van der Waals surface area contributed by atoms with Gasteiger partial charge in [0.05, 0.1) is 10.6 Å². The third-order valence-corrected chi connectivity index (χ3v) is 5.05. The topological polar surface area (TPSA) is 58.1 Å². The molecule has 0 saturated carbocycles. The molecule has 2 heterocycles. The monoisotopic (exact) mass is 352 g/mol. The number of thiazole rings is 1. The molecule has 0 aliphatic heterocycles. The number of aromatic nitrogens is 2. The zero-order valence-electron chi connectivity index (χ0n) is 14.7. The predicted octanol–water partition coefficient (Wildman–Crippen LogP) is 4.14. The number of pyridine rings is 1. The molecule has 0 spiro atoms. The molecule has 1 amide bonds. The largest absolute Gasteiger partial charge is 0.378 e. The summed E-state index contributed by atoms with van der Waals surface area (Å²) in [5, 5.41) is 3.49. The second kappa shape index (κ2) is 7.03. The van der Waals surface area contributed by atoms with Crippen LogP contribution in [0.4, 0.5) is 10.8 Å². The normalized spacial score (nSPS) is 10.6. The van der Waals surface area contributed by atoms with E-state index < -0.39 is 0 Å². The Bertz CT molecular complexity index is 900. The lowest BCUT2D eigenvalue weighted by Crippen LogP contribution is -2.13. The number of nitrogens with one attached hydrogen (secondary N) is 1. The molecule has 0 radical (unpaired) electrons. The van der Waals surface area contributed by atoms with Crippen LogP contribution in [0.5, 0.6) is 0 Å². The lowest BCUT2D eigenvalue weighted by Gasteiger charge is -2.12. The first-order chi connectivity index (χ1) is 12.0. The van der Waals surface area contributed by atoms with Gasteiger partial charge in [-0.1, -0.05) is 23.5 Å². The number of rotatable bonds is 4. The predicted molar refractivity (Wildman–Crippen MR) is 104 cm³/mol. The summed E-state index contributed by atoms with van der Waals surface area (Å²) in [6.07, 6.45) is 3.30. The molecular formula is C19H20N4OS. The maximum atomic E-state index is 12.4. The van der Waals surface area contributed by atoms with Crippen LogP contribution in [0, 0.1) is 13.8 Å². The number of carbonyl (C=O) groups excluding carboxylic acids is 1. The summed E-state index contributed by atoms with van der Waals surface area (Å²) in [6.45, 7) is 3.83. The zero-order chi connectivity index (χ0) is 18.0. The van der Waals surface area contributed by atoms with Crippen molar-refractivity contribution in [3.63, 3.8) is 0 Å². The van der Waals surface area contributed by atoms with Gasteiger partial charge in [-0.3, -0.25) is 15.1 Å². The third kappa shape index (κ3) is 3.69. The van der Waals surface area contributed by atoms with Crippen LogP contribution in [0.1, 0.15) is 21.6 Å². The standard InChI is InChI=1S/C19H20N4OS/c1-12-11-20-10-9-16(12)18(24)22-19-21-13(2)17(25-19)14-5-7-15(8-6-14)23(3)4/h5-11H,1-4H3,(H,21,22,24). The van der Waals surface area contributed by atoms with Crippen LogP contribution in [0.3, 0.4) is 0 Å². The summed E-state index contributed by atoms with van der Waals surface area (Å²) in [5.41, 5.74) is 4.60. The smallest absolute Gasteiger partial charge is 0.257 e. The maximum absolute atomic E-state index is 12.4. The fourth-order valence-corrected chi connectivity index (χ4v) is 3.49. The van der Waals surface area contributed by atoms with Crippen LogP contribution in [-0.4, -0.2) is 30.0 Å². The average molecular weight is 352 g/mol. The van der Waals surface area contributed by atoms with Crippen LogP contribution >= 0.6 is 11.3 Å². The van der Waals surface area contributed by atoms with Gasteiger partial charge in [0.1, 0.15) is 0 Å². The van der Waals surface area contributed by atoms with Crippen LogP contribution in [-0.2, 0) is 0 Å². The molecule has 2 aromatic heterocycles. The average Bonchev–Trinajstić information content (AvgIpc) is 2.95. The molecule has 3 aromatic rings. The minimum absolute atomic E-state index is 0.164. The van der Waals surface area contributed by atoms with Crippen LogP contribution in [0.25, 0.3) is 10.4 Å². The van der Waals surface area contributed by atoms with Gasteiger partial charge in [-0.15, -0.1) is 0 Å². The van der Waals surface area contributed by atoms with Gasteiger partial charge in [0, 0.05) is 37.7 Å². The first-order valence-corrected chi connectivity index (χ1v) is 8.74. The summed E-state index contributed by atoms with van der Waals surface area (Å²) >= 11 is 1.48. The second-order valence-electron chi connectivity index (χ2n) is 6.02. The maximum Gasteiger partial charge on any atom is 0.257 e. The third-order valence-electron chi connectivity index (χ3n) is 3.93. The number of benzene rings is 1. The molecule has 0 aliphatic carbocycles. The summed E-state index contributed by atoms with van der Waals surface area (Å²) in [6, 6.07) is 10.0. The Morgan fingerprint density at radius 1 is 1.12 bits per heavy atom. The number of aryl methyl sites for hydroxylation is 2. The van der Waals surface area contributed by atoms with E-state index in [2.05, 4.69) is 44.5 Å². The highest BCUT2D eigenvalue weighted by atomic mass is 32.1. The summed E-state index contributed by atoms with van der Waals surface area (Å²) in [5.74, 6) is -0.164. The van der Waals surface area contributed by atoms with Crippen molar-refractivity contribution in [2.75, 3.05) is 24.3 Å². The molecule has 0 saturated heterocycles. The lowest BCUT2D eigenvalue weighted by molar-refractivity contribution is 0.102. The van der Waals surface area contributed by atoms with Crippen LogP contribution in [0.15, 0.2) is 42.7 Å². The number of hydrogen-bond donors (Lipinski definition) is 1. The number of hydrogen-bond acceptors (Lipinski definition) is 5. The van der Waals surface area contributed by atoms with E-state index in [1.165, 1.54) is 11.3 Å². The first-order valence-electron chi connectivity index (χ1n) is 7.93. The van der Waals surface area contributed by atoms with E-state index in [4.69, 9.17) is 0 Å². The molecular weight excluding hydrogens is 332 g/mol. The van der Waals surface area contributed by atoms with Gasteiger partial charge in [-0.25, -0.2) is 4.98 Å². The van der Waals surface area contributed by atoms with Gasteiger partial charge in [-0.2, -0.15) is 0 Å². The quantitative estimate of drug-likeness (QED) is 0.767. The molecule has 3 rings (SSSR count). The molecule has 5 nitrogen and oxygen atoms in total. The van der Waals surface area contributed by atoms with Crippen molar-refractivity contribution < 1.29 is 4.79 Å². The SMILES string of the molecule is Cc1cnccc1C(=O)Nc1nc(C)c(-c2ccc(N(C)C)cc2)s1. The summed E-state index contributed by atoms with van der Waals surface area (Å²) in [7, 11) is 4.03. The molecule has 6 heteroatoms. The van der Waals surface area contributed by atoms with E-state index in [1.807, 2.05) is 27.9 Å². The molecule has 0 atom stereocenters. The highest BCUT2D eigenvalue weighted by Crippen LogP contribution is 2.33. The van der Waals surface area contributed by atoms with Crippen molar-refractivity contribution in [3.8, 4) is 10.4 Å². The molecule has 1 N–H and O–H groups in total. The molecule has 1 aromatic carbocycles. The van der Waals surface area contributed by atoms with Crippen molar-refractivity contribution in [1.29, 1.82) is 0 Å². The summed E-state index contributed by atoms with van der Waals surface area (Å²) in [4.78, 5) is 24.1. The van der Waals surface area contributed by atoms with Gasteiger partial charge in [0.15, 0.2) is 5.13 Å². The Kier molecular flexibility index (Phi) is 4.81. The van der Waals surface area contributed by atoms with E-state index >= 15 is 0 Å². The van der Waals surface area contributed by atoms with E-state index in [-0.39, 0.29) is 5.91 Å². The Balaban J connectivity index is 1.83. The van der Waals surface area contributed by atoms with E-state index in [0.29, 0.717) is 10.7 Å².